The number of hydrogen-bond donors (Lipinski definition) is 0. The summed E-state index contributed by atoms with van der Waals surface area (Å²) in [7, 11) is 0. The van der Waals surface area contributed by atoms with Gasteiger partial charge in [0, 0.05) is 58.4 Å². The lowest BCUT2D eigenvalue weighted by molar-refractivity contribution is 0.668. The molecule has 5 nitrogen and oxygen atoms in total. The average molecular weight is 748 g/mol. The number of benzene rings is 8. The molecule has 0 aliphatic heterocycles. The van der Waals surface area contributed by atoms with Gasteiger partial charge in [-0.1, -0.05) is 133 Å². The van der Waals surface area contributed by atoms with Crippen molar-refractivity contribution in [1.29, 1.82) is 0 Å². The Bertz CT molecular complexity index is 3530. The van der Waals surface area contributed by atoms with Crippen molar-refractivity contribution in [2.24, 2.45) is 0 Å². The molecule has 0 unspecified atom stereocenters. The topological polar surface area (TPSA) is 65.0 Å². The molecule has 0 aliphatic rings. The lowest BCUT2D eigenvalue weighted by Crippen LogP contribution is -2.00. The fourth-order valence-electron chi connectivity index (χ4n) is 8.37. The van der Waals surface area contributed by atoms with Crippen molar-refractivity contribution in [2.45, 2.75) is 0 Å². The number of rotatable bonds is 5. The first kappa shape index (κ1) is 31.9. The van der Waals surface area contributed by atoms with Crippen LogP contribution in [0.2, 0.25) is 0 Å². The Balaban J connectivity index is 1.11. The maximum Gasteiger partial charge on any atom is 0.167 e. The zero-order valence-electron chi connectivity index (χ0n) is 30.3. The summed E-state index contributed by atoms with van der Waals surface area (Å²) in [6.07, 6.45) is 0. The predicted octanol–water partition coefficient (Wildman–Crippen LogP) is 14.4. The minimum absolute atomic E-state index is 0.535. The maximum absolute atomic E-state index is 6.88. The highest BCUT2D eigenvalue weighted by atomic mass is 32.1. The van der Waals surface area contributed by atoms with Gasteiger partial charge < -0.3 is 8.83 Å². The van der Waals surface area contributed by atoms with Gasteiger partial charge in [0.25, 0.3) is 0 Å². The quantitative estimate of drug-likeness (QED) is 0.175. The first-order valence-corrected chi connectivity index (χ1v) is 19.7. The SMILES string of the molecule is c1ccc(-c2cc(-c3cccc4oc5c(-c6nc(-c7ccccc7)nc(-c7cccc8oc9ccccc9c78)n6)cccc5c34)c3sc4ccccc4c3c2)cc1. The number of thiophene rings is 1. The van der Waals surface area contributed by atoms with Crippen molar-refractivity contribution < 1.29 is 8.83 Å². The van der Waals surface area contributed by atoms with E-state index >= 15 is 0 Å². The van der Waals surface area contributed by atoms with E-state index in [-0.39, 0.29) is 0 Å². The van der Waals surface area contributed by atoms with Gasteiger partial charge in [-0.05, 0) is 59.2 Å². The van der Waals surface area contributed by atoms with Crippen LogP contribution in [0, 0.1) is 0 Å². The summed E-state index contributed by atoms with van der Waals surface area (Å²) in [4.78, 5) is 15.5. The van der Waals surface area contributed by atoms with Crippen molar-refractivity contribution in [2.75, 3.05) is 0 Å². The van der Waals surface area contributed by atoms with Crippen LogP contribution in [0.4, 0.5) is 0 Å². The zero-order chi connectivity index (χ0) is 37.5. The second kappa shape index (κ2) is 12.6. The van der Waals surface area contributed by atoms with Gasteiger partial charge in [0.15, 0.2) is 17.5 Å². The monoisotopic (exact) mass is 747 g/mol. The van der Waals surface area contributed by atoms with Crippen LogP contribution in [0.1, 0.15) is 0 Å². The summed E-state index contributed by atoms with van der Waals surface area (Å²) in [5, 5.41) is 6.57. The van der Waals surface area contributed by atoms with Gasteiger partial charge >= 0.3 is 0 Å². The number of fused-ring (bicyclic) bond motifs is 9. The average Bonchev–Trinajstić information content (AvgIpc) is 3.98. The van der Waals surface area contributed by atoms with Crippen molar-refractivity contribution in [1.82, 2.24) is 15.0 Å². The third-order valence-electron chi connectivity index (χ3n) is 10.9. The van der Waals surface area contributed by atoms with Crippen LogP contribution in [-0.4, -0.2) is 15.0 Å². The number of nitrogens with zero attached hydrogens (tertiary/aromatic N) is 3. The van der Waals surface area contributed by atoms with E-state index in [0.29, 0.717) is 17.5 Å². The molecular weight excluding hydrogens is 719 g/mol. The fourth-order valence-corrected chi connectivity index (χ4v) is 9.58. The molecule has 12 rings (SSSR count). The molecule has 8 aromatic carbocycles. The Morgan fingerprint density at radius 2 is 0.930 bits per heavy atom. The van der Waals surface area contributed by atoms with Crippen molar-refractivity contribution in [3.8, 4) is 56.4 Å². The molecule has 0 atom stereocenters. The van der Waals surface area contributed by atoms with Gasteiger partial charge in [-0.3, -0.25) is 0 Å². The van der Waals surface area contributed by atoms with E-state index in [4.69, 9.17) is 23.8 Å². The fraction of sp³-hybridized carbons (Fsp3) is 0. The maximum atomic E-state index is 6.88. The van der Waals surface area contributed by atoms with Gasteiger partial charge in [0.05, 0.1) is 5.56 Å². The molecule has 6 heteroatoms. The van der Waals surface area contributed by atoms with Crippen molar-refractivity contribution >= 4 is 75.4 Å². The molecule has 0 saturated carbocycles. The Hall–Kier alpha value is -7.41. The summed E-state index contributed by atoms with van der Waals surface area (Å²) in [5.74, 6) is 1.68. The Morgan fingerprint density at radius 1 is 0.351 bits per heavy atom. The van der Waals surface area contributed by atoms with E-state index in [1.807, 2.05) is 78.1 Å². The number of hydrogen-bond acceptors (Lipinski definition) is 6. The van der Waals surface area contributed by atoms with Gasteiger partial charge in [-0.2, -0.15) is 0 Å². The normalized spacial score (nSPS) is 11.9. The first-order chi connectivity index (χ1) is 28.2. The van der Waals surface area contributed by atoms with Crippen LogP contribution < -0.4 is 0 Å². The largest absolute Gasteiger partial charge is 0.456 e. The molecule has 0 aliphatic carbocycles. The molecule has 266 valence electrons. The second-order valence-electron chi connectivity index (χ2n) is 14.3. The number of para-hydroxylation sites is 2. The Kier molecular flexibility index (Phi) is 7.03. The molecule has 12 aromatic rings. The molecule has 0 spiro atoms. The van der Waals surface area contributed by atoms with E-state index in [9.17, 15) is 0 Å². The van der Waals surface area contributed by atoms with Crippen LogP contribution in [0.5, 0.6) is 0 Å². The van der Waals surface area contributed by atoms with Crippen LogP contribution in [0.3, 0.4) is 0 Å². The van der Waals surface area contributed by atoms with Crippen LogP contribution in [0.25, 0.3) is 120 Å². The molecule has 0 amide bonds. The highest BCUT2D eigenvalue weighted by Crippen LogP contribution is 2.47. The minimum atomic E-state index is 0.535. The van der Waals surface area contributed by atoms with Gasteiger partial charge in [0.1, 0.15) is 22.3 Å². The molecule has 0 bridgehead atoms. The van der Waals surface area contributed by atoms with Crippen LogP contribution >= 0.6 is 11.3 Å². The summed E-state index contributed by atoms with van der Waals surface area (Å²) < 4.78 is 15.7. The van der Waals surface area contributed by atoms with Gasteiger partial charge in [-0.15, -0.1) is 11.3 Å². The van der Waals surface area contributed by atoms with Crippen LogP contribution in [0.15, 0.2) is 185 Å². The third-order valence-corrected chi connectivity index (χ3v) is 12.2. The van der Waals surface area contributed by atoms with E-state index in [1.54, 1.807) is 0 Å². The smallest absolute Gasteiger partial charge is 0.167 e. The molecule has 0 radical (unpaired) electrons. The molecule has 0 saturated heterocycles. The summed E-state index contributed by atoms with van der Waals surface area (Å²) in [5.41, 5.74) is 10.4. The zero-order valence-corrected chi connectivity index (χ0v) is 31.1. The first-order valence-electron chi connectivity index (χ1n) is 18.9. The van der Waals surface area contributed by atoms with Gasteiger partial charge in [-0.25, -0.2) is 15.0 Å². The summed E-state index contributed by atoms with van der Waals surface area (Å²) >= 11 is 1.84. The minimum Gasteiger partial charge on any atom is -0.456 e. The van der Waals surface area contributed by atoms with E-state index in [1.165, 1.54) is 36.9 Å². The lowest BCUT2D eigenvalue weighted by atomic mass is 9.93. The van der Waals surface area contributed by atoms with Crippen LogP contribution in [-0.2, 0) is 0 Å². The van der Waals surface area contributed by atoms with Crippen molar-refractivity contribution in [3.63, 3.8) is 0 Å². The van der Waals surface area contributed by atoms with Crippen molar-refractivity contribution in [3.05, 3.63) is 176 Å². The molecule has 4 heterocycles. The molecule has 57 heavy (non-hydrogen) atoms. The second-order valence-corrected chi connectivity index (χ2v) is 15.3. The molecule has 0 N–H and O–H groups in total. The van der Waals surface area contributed by atoms with E-state index in [2.05, 4.69) is 109 Å². The summed E-state index contributed by atoms with van der Waals surface area (Å²) in [6, 6.07) is 60.9. The molecule has 0 fully saturated rings. The Labute approximate surface area is 330 Å². The van der Waals surface area contributed by atoms with E-state index in [0.717, 1.165) is 66.1 Å². The Morgan fingerprint density at radius 3 is 1.75 bits per heavy atom. The van der Waals surface area contributed by atoms with Gasteiger partial charge in [0.2, 0.25) is 0 Å². The molecular formula is C51H29N3O2S. The third kappa shape index (κ3) is 5.04. The number of furan rings is 2. The highest BCUT2D eigenvalue weighted by molar-refractivity contribution is 7.26. The van der Waals surface area contributed by atoms with E-state index < -0.39 is 0 Å². The standard InChI is InChI=1S/C51H29N3O2S/c1-3-14-30(15-4-1)32-28-39-33-18-8-10-27-44(33)57-48(39)40(29-32)34-20-12-26-43-45(34)36-21-11-23-38(47(36)56-43)51-53-49(31-16-5-2-6-17-31)52-50(54-51)37-22-13-25-42-46(37)35-19-7-9-24-41(35)55-42/h1-29H. The lowest BCUT2D eigenvalue weighted by Gasteiger charge is -2.10. The predicted molar refractivity (Wildman–Crippen MR) is 234 cm³/mol. The molecule has 4 aromatic heterocycles. The summed E-state index contributed by atoms with van der Waals surface area (Å²) in [6.45, 7) is 0. The number of aromatic nitrogens is 3. The highest BCUT2D eigenvalue weighted by Gasteiger charge is 2.23.